The van der Waals surface area contributed by atoms with Gasteiger partial charge in [0.2, 0.25) is 0 Å². The van der Waals surface area contributed by atoms with Crippen molar-refractivity contribution in [2.45, 2.75) is 0 Å². The molecule has 0 aliphatic heterocycles. The number of aromatic hydroxyl groups is 1. The normalized spacial score (nSPS) is 10.1. The van der Waals surface area contributed by atoms with Gasteiger partial charge in [-0.05, 0) is 6.07 Å². The molecule has 0 saturated carbocycles. The molecule has 0 fully saturated rings. The minimum Gasteiger partial charge on any atom is -0.506 e. The smallest absolute Gasteiger partial charge is 0.134 e. The molecule has 0 atom stereocenters. The van der Waals surface area contributed by atoms with Crippen molar-refractivity contribution in [3.8, 4) is 16.9 Å². The Morgan fingerprint density at radius 1 is 1.36 bits per heavy atom. The Hall–Kier alpha value is -1.54. The van der Waals surface area contributed by atoms with Crippen LogP contribution in [0.3, 0.4) is 0 Å². The Labute approximate surface area is 86.8 Å². The van der Waals surface area contributed by atoms with Gasteiger partial charge in [-0.1, -0.05) is 29.8 Å². The summed E-state index contributed by atoms with van der Waals surface area (Å²) in [5.41, 5.74) is 1.60. The van der Waals surface area contributed by atoms with E-state index in [1.165, 1.54) is 6.20 Å². The van der Waals surface area contributed by atoms with E-state index < -0.39 is 0 Å². The summed E-state index contributed by atoms with van der Waals surface area (Å²) >= 11 is 5.95. The molecule has 1 N–H and O–H groups in total. The summed E-state index contributed by atoms with van der Waals surface area (Å²) in [4.78, 5) is 3.88. The number of rotatable bonds is 1. The Bertz CT molecular complexity index is 457. The van der Waals surface area contributed by atoms with E-state index in [1.807, 2.05) is 12.1 Å². The zero-order valence-corrected chi connectivity index (χ0v) is 7.99. The first-order valence-electron chi connectivity index (χ1n) is 4.08. The Kier molecular flexibility index (Phi) is 2.37. The quantitative estimate of drug-likeness (QED) is 0.775. The summed E-state index contributed by atoms with van der Waals surface area (Å²) in [7, 11) is 0. The van der Waals surface area contributed by atoms with E-state index in [2.05, 4.69) is 11.1 Å². The number of pyridine rings is 1. The maximum atomic E-state index is 9.25. The number of hydrogen-bond acceptors (Lipinski definition) is 2. The fourth-order valence-corrected chi connectivity index (χ4v) is 1.45. The molecule has 69 valence electrons. The Balaban J connectivity index is 2.55. The van der Waals surface area contributed by atoms with Gasteiger partial charge in [-0.3, -0.25) is 4.98 Å². The number of nitrogens with zero attached hydrogens (tertiary/aromatic N) is 1. The third-order valence-electron chi connectivity index (χ3n) is 1.84. The first-order valence-corrected chi connectivity index (χ1v) is 4.46. The van der Waals surface area contributed by atoms with Crippen molar-refractivity contribution in [1.29, 1.82) is 0 Å². The molecule has 1 radical (unpaired) electrons. The number of hydrogen-bond donors (Lipinski definition) is 1. The minimum atomic E-state index is 0.127. The van der Waals surface area contributed by atoms with E-state index in [9.17, 15) is 5.11 Å². The van der Waals surface area contributed by atoms with Crippen molar-refractivity contribution in [2.75, 3.05) is 0 Å². The molecule has 0 spiro atoms. The summed E-state index contributed by atoms with van der Waals surface area (Å²) < 4.78 is 0. The summed E-state index contributed by atoms with van der Waals surface area (Å²) in [6.07, 6.45) is 3.03. The topological polar surface area (TPSA) is 33.1 Å². The van der Waals surface area contributed by atoms with Gasteiger partial charge < -0.3 is 5.11 Å². The van der Waals surface area contributed by atoms with Gasteiger partial charge in [0, 0.05) is 23.4 Å². The summed E-state index contributed by atoms with van der Waals surface area (Å²) in [5.74, 6) is 0.127. The fraction of sp³-hybridized carbons (Fsp3) is 0. The highest BCUT2D eigenvalue weighted by Crippen LogP contribution is 2.28. The SMILES string of the molecule is Oc1cncc(-c2ccc[c]c2Cl)c1. The molecule has 2 aromatic rings. The Morgan fingerprint density at radius 3 is 2.93 bits per heavy atom. The van der Waals surface area contributed by atoms with Gasteiger partial charge in [0.25, 0.3) is 0 Å². The Morgan fingerprint density at radius 2 is 2.21 bits per heavy atom. The molecule has 0 amide bonds. The van der Waals surface area contributed by atoms with Crippen LogP contribution in [0.4, 0.5) is 0 Å². The van der Waals surface area contributed by atoms with Gasteiger partial charge >= 0.3 is 0 Å². The summed E-state index contributed by atoms with van der Waals surface area (Å²) in [6, 6.07) is 9.92. The van der Waals surface area contributed by atoms with Crippen molar-refractivity contribution in [3.63, 3.8) is 0 Å². The van der Waals surface area contributed by atoms with Gasteiger partial charge in [-0.2, -0.15) is 0 Å². The van der Waals surface area contributed by atoms with Crippen LogP contribution in [0, 0.1) is 6.07 Å². The predicted octanol–water partition coefficient (Wildman–Crippen LogP) is 2.91. The van der Waals surface area contributed by atoms with Crippen LogP contribution >= 0.6 is 11.6 Å². The molecule has 0 aliphatic carbocycles. The van der Waals surface area contributed by atoms with Gasteiger partial charge in [-0.15, -0.1) is 0 Å². The molecular formula is C11H7ClNO. The molecule has 2 nitrogen and oxygen atoms in total. The molecule has 3 heteroatoms. The van der Waals surface area contributed by atoms with Crippen LogP contribution in [0.15, 0.2) is 36.7 Å². The highest BCUT2D eigenvalue weighted by molar-refractivity contribution is 6.33. The maximum absolute atomic E-state index is 9.25. The third kappa shape index (κ3) is 1.70. The number of benzene rings is 1. The highest BCUT2D eigenvalue weighted by atomic mass is 35.5. The largest absolute Gasteiger partial charge is 0.506 e. The van der Waals surface area contributed by atoms with Crippen LogP contribution in [-0.2, 0) is 0 Å². The first-order chi connectivity index (χ1) is 6.77. The molecule has 0 bridgehead atoms. The number of aromatic nitrogens is 1. The van der Waals surface area contributed by atoms with Crippen LogP contribution in [0.5, 0.6) is 5.75 Å². The minimum absolute atomic E-state index is 0.127. The molecule has 1 aromatic carbocycles. The molecule has 0 unspecified atom stereocenters. The second-order valence-corrected chi connectivity index (χ2v) is 3.21. The lowest BCUT2D eigenvalue weighted by Crippen LogP contribution is -1.80. The van der Waals surface area contributed by atoms with E-state index in [4.69, 9.17) is 11.6 Å². The van der Waals surface area contributed by atoms with E-state index in [0.717, 1.165) is 11.1 Å². The lowest BCUT2D eigenvalue weighted by molar-refractivity contribution is 0.473. The second kappa shape index (κ2) is 3.68. The van der Waals surface area contributed by atoms with Crippen molar-refractivity contribution in [1.82, 2.24) is 4.98 Å². The standard InChI is InChI=1S/C11H7ClNO/c12-11-4-2-1-3-10(11)8-5-9(14)7-13-6-8/h1-3,5-7,14H. The fourth-order valence-electron chi connectivity index (χ4n) is 1.21. The van der Waals surface area contributed by atoms with Crippen LogP contribution in [-0.4, -0.2) is 10.1 Å². The lowest BCUT2D eigenvalue weighted by Gasteiger charge is -2.02. The number of halogens is 1. The third-order valence-corrected chi connectivity index (χ3v) is 2.15. The van der Waals surface area contributed by atoms with Crippen LogP contribution in [0.25, 0.3) is 11.1 Å². The van der Waals surface area contributed by atoms with Crippen LogP contribution in [0.2, 0.25) is 5.02 Å². The van der Waals surface area contributed by atoms with Crippen molar-refractivity contribution in [3.05, 3.63) is 47.7 Å². The average molecular weight is 205 g/mol. The zero-order valence-electron chi connectivity index (χ0n) is 7.24. The van der Waals surface area contributed by atoms with E-state index in [-0.39, 0.29) is 5.75 Å². The van der Waals surface area contributed by atoms with E-state index in [1.54, 1.807) is 18.3 Å². The summed E-state index contributed by atoms with van der Waals surface area (Å²) in [6.45, 7) is 0. The molecule has 0 saturated heterocycles. The summed E-state index contributed by atoms with van der Waals surface area (Å²) in [5, 5.41) is 9.78. The molecule has 1 heterocycles. The molecule has 2 rings (SSSR count). The van der Waals surface area contributed by atoms with E-state index in [0.29, 0.717) is 5.02 Å². The lowest BCUT2D eigenvalue weighted by atomic mass is 10.1. The van der Waals surface area contributed by atoms with Crippen LogP contribution in [0.1, 0.15) is 0 Å². The highest BCUT2D eigenvalue weighted by Gasteiger charge is 2.03. The molecule has 1 aromatic heterocycles. The monoisotopic (exact) mass is 204 g/mol. The zero-order chi connectivity index (χ0) is 9.97. The van der Waals surface area contributed by atoms with Gasteiger partial charge in [-0.25, -0.2) is 0 Å². The van der Waals surface area contributed by atoms with Crippen LogP contribution < -0.4 is 0 Å². The molecule has 14 heavy (non-hydrogen) atoms. The van der Waals surface area contributed by atoms with Gasteiger partial charge in [0.15, 0.2) is 0 Å². The van der Waals surface area contributed by atoms with Gasteiger partial charge in [0.05, 0.1) is 11.2 Å². The molecular weight excluding hydrogens is 198 g/mol. The van der Waals surface area contributed by atoms with Crippen molar-refractivity contribution >= 4 is 11.6 Å². The predicted molar refractivity (Wildman–Crippen MR) is 55.2 cm³/mol. The van der Waals surface area contributed by atoms with Gasteiger partial charge in [0.1, 0.15) is 5.75 Å². The first kappa shape index (κ1) is 9.03. The average Bonchev–Trinajstić information content (AvgIpc) is 2.18. The maximum Gasteiger partial charge on any atom is 0.134 e. The molecule has 0 aliphatic rings. The van der Waals surface area contributed by atoms with Crippen molar-refractivity contribution < 1.29 is 5.11 Å². The van der Waals surface area contributed by atoms with Crippen molar-refractivity contribution in [2.24, 2.45) is 0 Å². The van der Waals surface area contributed by atoms with E-state index >= 15 is 0 Å². The second-order valence-electron chi connectivity index (χ2n) is 2.83.